The van der Waals surface area contributed by atoms with Gasteiger partial charge >= 0.3 is 0 Å². The van der Waals surface area contributed by atoms with Gasteiger partial charge in [0, 0.05) is 37.9 Å². The zero-order valence-electron chi connectivity index (χ0n) is 13.2. The minimum Gasteiger partial charge on any atom is -0.443 e. The maximum atomic E-state index is 13.2. The van der Waals surface area contributed by atoms with Crippen LogP contribution in [0.2, 0.25) is 0 Å². The number of aliphatic hydroxyl groups is 1. The van der Waals surface area contributed by atoms with Crippen LogP contribution in [-0.2, 0) is 20.1 Å². The van der Waals surface area contributed by atoms with Gasteiger partial charge in [0.05, 0.1) is 6.57 Å². The Bertz CT molecular complexity index is 863. The van der Waals surface area contributed by atoms with Crippen molar-refractivity contribution in [3.8, 4) is 17.5 Å². The Morgan fingerprint density at radius 3 is 2.19 bits per heavy atom. The van der Waals surface area contributed by atoms with Gasteiger partial charge < -0.3 is 10.1 Å². The molecular formula is C19H12F2IrN3O-. The quantitative estimate of drug-likeness (QED) is 0.361. The van der Waals surface area contributed by atoms with Crippen LogP contribution in [-0.4, -0.2) is 10.1 Å². The molecule has 0 aliphatic carbocycles. The molecular weight excluding hydrogens is 516 g/mol. The first kappa shape index (κ1) is 22.9. The van der Waals surface area contributed by atoms with E-state index in [9.17, 15) is 8.78 Å². The Kier molecular flexibility index (Phi) is 11.6. The van der Waals surface area contributed by atoms with E-state index >= 15 is 0 Å². The predicted molar refractivity (Wildman–Crippen MR) is 88.7 cm³/mol. The summed E-state index contributed by atoms with van der Waals surface area (Å²) in [7, 11) is 0. The third kappa shape index (κ3) is 8.12. The summed E-state index contributed by atoms with van der Waals surface area (Å²) in [6.45, 7) is 6.57. The number of rotatable bonds is 1. The maximum Gasteiger partial charge on any atom is 0.283 e. The molecule has 0 aliphatic heterocycles. The summed E-state index contributed by atoms with van der Waals surface area (Å²) in [6.07, 6.45) is 2.30. The number of hydrogen-bond acceptors (Lipinski definition) is 3. The number of para-hydroxylation sites is 1. The number of nitrogens with zero attached hydrogens (tertiary/aromatic N) is 3. The minimum atomic E-state index is -0.649. The van der Waals surface area contributed by atoms with E-state index in [4.69, 9.17) is 16.9 Å². The number of aliphatic hydroxyl groups excluding tert-OH is 1. The fraction of sp³-hybridized carbons (Fsp3) is 0. The molecule has 2 aromatic carbocycles. The summed E-state index contributed by atoms with van der Waals surface area (Å²) in [6, 6.07) is 18.7. The topological polar surface area (TPSA) is 61.3 Å². The number of aromatic nitrogens is 1. The zero-order chi connectivity index (χ0) is 18.5. The van der Waals surface area contributed by atoms with Crippen LogP contribution in [0.5, 0.6) is 0 Å². The van der Waals surface area contributed by atoms with Crippen LogP contribution in [0.1, 0.15) is 0 Å². The van der Waals surface area contributed by atoms with Gasteiger partial charge in [-0.15, -0.1) is 12.1 Å². The van der Waals surface area contributed by atoms with Gasteiger partial charge in [-0.1, -0.05) is 54.1 Å². The van der Waals surface area contributed by atoms with Crippen LogP contribution < -0.4 is 0 Å². The monoisotopic (exact) mass is 529 g/mol. The van der Waals surface area contributed by atoms with Crippen molar-refractivity contribution in [2.24, 2.45) is 0 Å². The summed E-state index contributed by atoms with van der Waals surface area (Å²) < 4.78 is 25.8. The van der Waals surface area contributed by atoms with Crippen LogP contribution in [0.4, 0.5) is 14.5 Å². The van der Waals surface area contributed by atoms with Crippen LogP contribution in [0.15, 0.2) is 66.9 Å². The molecule has 0 atom stereocenters. The van der Waals surface area contributed by atoms with Crippen molar-refractivity contribution in [3.63, 3.8) is 0 Å². The van der Waals surface area contributed by atoms with Crippen LogP contribution >= 0.6 is 0 Å². The van der Waals surface area contributed by atoms with Crippen molar-refractivity contribution in [2.45, 2.75) is 0 Å². The van der Waals surface area contributed by atoms with Crippen LogP contribution in [0, 0.1) is 35.8 Å². The smallest absolute Gasteiger partial charge is 0.283 e. The third-order valence-corrected chi connectivity index (χ3v) is 2.66. The molecule has 1 N–H and O–H groups in total. The zero-order valence-corrected chi connectivity index (χ0v) is 15.6. The van der Waals surface area contributed by atoms with Gasteiger partial charge in [0.25, 0.3) is 6.26 Å². The van der Waals surface area contributed by atoms with Gasteiger partial charge in [0.15, 0.2) is 5.69 Å². The molecule has 0 spiro atoms. The van der Waals surface area contributed by atoms with Crippen LogP contribution in [0.3, 0.4) is 0 Å². The second kappa shape index (κ2) is 13.2. The molecule has 1 radical (unpaired) electrons. The van der Waals surface area contributed by atoms with E-state index in [1.807, 2.05) is 18.2 Å². The number of nitriles is 1. The molecule has 1 aromatic heterocycles. The van der Waals surface area contributed by atoms with Gasteiger partial charge in [0.2, 0.25) is 0 Å². The Morgan fingerprint density at radius 2 is 1.73 bits per heavy atom. The van der Waals surface area contributed by atoms with Gasteiger partial charge in [-0.2, -0.15) is 5.26 Å². The van der Waals surface area contributed by atoms with E-state index in [-0.39, 0.29) is 25.7 Å². The van der Waals surface area contributed by atoms with Crippen LogP contribution in [0.25, 0.3) is 16.1 Å². The molecule has 133 valence electrons. The molecule has 3 rings (SSSR count). The van der Waals surface area contributed by atoms with E-state index in [0.717, 1.165) is 18.4 Å². The maximum absolute atomic E-state index is 13.2. The molecule has 0 fully saturated rings. The second-order valence-electron chi connectivity index (χ2n) is 4.30. The molecule has 3 aromatic rings. The fourth-order valence-electron chi connectivity index (χ4n) is 1.65. The first-order valence-electron chi connectivity index (χ1n) is 6.86. The summed E-state index contributed by atoms with van der Waals surface area (Å²) in [5, 5.41) is 13.8. The van der Waals surface area contributed by atoms with Crippen molar-refractivity contribution in [1.29, 1.82) is 5.26 Å². The fourth-order valence-corrected chi connectivity index (χ4v) is 1.65. The first-order valence-corrected chi connectivity index (χ1v) is 6.86. The Morgan fingerprint density at radius 1 is 1.12 bits per heavy atom. The Labute approximate surface area is 163 Å². The molecule has 0 saturated heterocycles. The van der Waals surface area contributed by atoms with Gasteiger partial charge in [-0.25, -0.2) is 4.85 Å². The second-order valence-corrected chi connectivity index (χ2v) is 4.30. The predicted octanol–water partition coefficient (Wildman–Crippen LogP) is 4.90. The van der Waals surface area contributed by atoms with Crippen molar-refractivity contribution < 1.29 is 34.0 Å². The number of halogens is 2. The summed E-state index contributed by atoms with van der Waals surface area (Å²) in [5.74, 6) is -1.29. The SMILES string of the molecule is Fc1c[c-]c(-c2ccccn2)c(F)c1.N#CO.[C-]#[N+]c1ccccc1.[Ir]. The summed E-state index contributed by atoms with van der Waals surface area (Å²) in [5.41, 5.74) is 1.34. The van der Waals surface area contributed by atoms with E-state index in [2.05, 4.69) is 15.9 Å². The minimum absolute atomic E-state index is 0. The average Bonchev–Trinajstić information content (AvgIpc) is 2.64. The largest absolute Gasteiger partial charge is 0.443 e. The van der Waals surface area contributed by atoms with Crippen molar-refractivity contribution in [1.82, 2.24) is 4.98 Å². The Balaban J connectivity index is 0.000000445. The third-order valence-electron chi connectivity index (χ3n) is 2.66. The van der Waals surface area contributed by atoms with E-state index in [1.165, 1.54) is 0 Å². The molecule has 0 saturated carbocycles. The molecule has 0 unspecified atom stereocenters. The molecule has 7 heteroatoms. The van der Waals surface area contributed by atoms with E-state index < -0.39 is 11.6 Å². The number of benzene rings is 2. The van der Waals surface area contributed by atoms with Crippen molar-refractivity contribution >= 4 is 5.69 Å². The van der Waals surface area contributed by atoms with Crippen molar-refractivity contribution in [3.05, 3.63) is 96.0 Å². The molecule has 1 heterocycles. The first-order chi connectivity index (χ1) is 12.1. The standard InChI is InChI=1S/C11H6F2N.C7H5N.CHNO.Ir/c12-8-4-5-9(10(13)7-8)11-3-1-2-6-14-11;1-8-7-5-3-2-4-6-7;2-1-3;/h1-4,6-7H;2-6H;3H;/q-1;;;. The molecule has 26 heavy (non-hydrogen) atoms. The molecule has 0 bridgehead atoms. The van der Waals surface area contributed by atoms with E-state index in [1.54, 1.807) is 36.5 Å². The Hall–Kier alpha value is -3.12. The average molecular weight is 529 g/mol. The van der Waals surface area contributed by atoms with E-state index in [0.29, 0.717) is 11.4 Å². The summed E-state index contributed by atoms with van der Waals surface area (Å²) in [4.78, 5) is 7.17. The normalized spacial score (nSPS) is 8.15. The molecule has 4 nitrogen and oxygen atoms in total. The summed E-state index contributed by atoms with van der Waals surface area (Å²) >= 11 is 0. The number of pyridine rings is 1. The van der Waals surface area contributed by atoms with Crippen molar-refractivity contribution in [2.75, 3.05) is 0 Å². The molecule has 0 amide bonds. The van der Waals surface area contributed by atoms with Gasteiger partial charge in [0.1, 0.15) is 0 Å². The van der Waals surface area contributed by atoms with Gasteiger partial charge in [-0.3, -0.25) is 8.78 Å². The number of hydrogen-bond donors (Lipinski definition) is 1. The van der Waals surface area contributed by atoms with Gasteiger partial charge in [-0.05, 0) is 11.8 Å². The molecule has 0 aliphatic rings.